The van der Waals surface area contributed by atoms with E-state index in [4.69, 9.17) is 9.47 Å². The van der Waals surface area contributed by atoms with Crippen molar-refractivity contribution < 1.29 is 23.0 Å². The van der Waals surface area contributed by atoms with Crippen LogP contribution in [0.1, 0.15) is 48.0 Å². The fourth-order valence-electron chi connectivity index (χ4n) is 4.93. The van der Waals surface area contributed by atoms with E-state index in [0.29, 0.717) is 36.6 Å². The molecule has 2 aliphatic heterocycles. The standard InChI is InChI=1S/C26H32F2N2O3/c1-32-25-9-5-13-30-24(25)8-2-3-12-29(18-20-16-21(27)10-11-23(20)28)14-15-33-22-7-4-6-19(17-22)26(30)31/h4,6-7,10-11,16-17,24-25H,2-3,5,8-9,12-15,18H2,1H3/t24-,25-/m0/s1. The van der Waals surface area contributed by atoms with Crippen LogP contribution in [0.4, 0.5) is 8.78 Å². The molecule has 2 aromatic carbocycles. The van der Waals surface area contributed by atoms with Gasteiger partial charge in [0.15, 0.2) is 0 Å². The number of amides is 1. The van der Waals surface area contributed by atoms with Gasteiger partial charge in [0.1, 0.15) is 24.0 Å². The van der Waals surface area contributed by atoms with E-state index < -0.39 is 11.6 Å². The third-order valence-corrected chi connectivity index (χ3v) is 6.66. The minimum absolute atomic E-state index is 0.0208. The van der Waals surface area contributed by atoms with Crippen molar-refractivity contribution in [2.24, 2.45) is 0 Å². The molecule has 2 atom stereocenters. The van der Waals surface area contributed by atoms with Gasteiger partial charge in [-0.3, -0.25) is 9.69 Å². The van der Waals surface area contributed by atoms with E-state index in [2.05, 4.69) is 4.90 Å². The van der Waals surface area contributed by atoms with Crippen LogP contribution in [-0.2, 0) is 11.3 Å². The highest BCUT2D eigenvalue weighted by Gasteiger charge is 2.34. The van der Waals surface area contributed by atoms with Crippen LogP contribution in [0, 0.1) is 11.6 Å². The van der Waals surface area contributed by atoms with Crippen LogP contribution in [0.5, 0.6) is 5.75 Å². The van der Waals surface area contributed by atoms with Crippen LogP contribution in [0.3, 0.4) is 0 Å². The molecule has 5 nitrogen and oxygen atoms in total. The molecule has 0 radical (unpaired) electrons. The fraction of sp³-hybridized carbons (Fsp3) is 0.500. The van der Waals surface area contributed by atoms with Crippen molar-refractivity contribution >= 4 is 5.91 Å². The maximum atomic E-state index is 14.2. The molecule has 0 aliphatic carbocycles. The topological polar surface area (TPSA) is 42.0 Å². The summed E-state index contributed by atoms with van der Waals surface area (Å²) in [5.74, 6) is -0.183. The zero-order chi connectivity index (χ0) is 23.2. The summed E-state index contributed by atoms with van der Waals surface area (Å²) < 4.78 is 39.6. The number of carbonyl (C=O) groups excluding carboxylic acids is 1. The van der Waals surface area contributed by atoms with Gasteiger partial charge in [0.25, 0.3) is 5.91 Å². The van der Waals surface area contributed by atoms with E-state index in [-0.39, 0.29) is 18.1 Å². The van der Waals surface area contributed by atoms with Crippen LogP contribution in [0.25, 0.3) is 0 Å². The SMILES string of the molecule is CO[C@H]1CCCN2C(=O)c3cccc(c3)OCCN(Cc3cc(F)ccc3F)CCCC[C@@H]12. The Labute approximate surface area is 194 Å². The normalized spacial score (nSPS) is 22.9. The predicted molar refractivity (Wildman–Crippen MR) is 122 cm³/mol. The lowest BCUT2D eigenvalue weighted by Crippen LogP contribution is -2.51. The summed E-state index contributed by atoms with van der Waals surface area (Å²) in [4.78, 5) is 17.4. The minimum Gasteiger partial charge on any atom is -0.492 e. The van der Waals surface area contributed by atoms with E-state index in [9.17, 15) is 13.6 Å². The Hall–Kier alpha value is -2.51. The smallest absolute Gasteiger partial charge is 0.254 e. The Morgan fingerprint density at radius 1 is 1.03 bits per heavy atom. The van der Waals surface area contributed by atoms with Crippen molar-refractivity contribution in [3.63, 3.8) is 0 Å². The molecule has 0 spiro atoms. The molecular formula is C26H32F2N2O3. The Kier molecular flexibility index (Phi) is 7.93. The fourth-order valence-corrected chi connectivity index (χ4v) is 4.93. The summed E-state index contributed by atoms with van der Waals surface area (Å²) in [6.45, 7) is 2.75. The summed E-state index contributed by atoms with van der Waals surface area (Å²) in [6, 6.07) is 10.9. The van der Waals surface area contributed by atoms with E-state index >= 15 is 0 Å². The molecule has 0 N–H and O–H groups in total. The van der Waals surface area contributed by atoms with Crippen LogP contribution in [0.2, 0.25) is 0 Å². The molecule has 1 fully saturated rings. The number of piperidine rings is 1. The lowest BCUT2D eigenvalue weighted by atomic mass is 9.93. The molecule has 1 amide bonds. The van der Waals surface area contributed by atoms with E-state index in [0.717, 1.165) is 51.3 Å². The average molecular weight is 459 g/mol. The van der Waals surface area contributed by atoms with Crippen LogP contribution in [0.15, 0.2) is 42.5 Å². The summed E-state index contributed by atoms with van der Waals surface area (Å²) in [5.41, 5.74) is 0.964. The summed E-state index contributed by atoms with van der Waals surface area (Å²) in [6.07, 6.45) is 4.53. The summed E-state index contributed by atoms with van der Waals surface area (Å²) in [5, 5.41) is 0. The largest absolute Gasteiger partial charge is 0.492 e. The zero-order valence-electron chi connectivity index (χ0n) is 19.1. The number of rotatable bonds is 3. The molecule has 2 heterocycles. The quantitative estimate of drug-likeness (QED) is 0.672. The van der Waals surface area contributed by atoms with Crippen LogP contribution >= 0.6 is 0 Å². The van der Waals surface area contributed by atoms with Crippen molar-refractivity contribution in [2.45, 2.75) is 50.8 Å². The third-order valence-electron chi connectivity index (χ3n) is 6.66. The minimum atomic E-state index is -0.436. The van der Waals surface area contributed by atoms with Gasteiger partial charge in [-0.05, 0) is 68.6 Å². The zero-order valence-corrected chi connectivity index (χ0v) is 19.1. The second-order valence-corrected chi connectivity index (χ2v) is 8.87. The van der Waals surface area contributed by atoms with Gasteiger partial charge >= 0.3 is 0 Å². The number of fused-ring (bicyclic) bond motifs is 3. The first-order chi connectivity index (χ1) is 16.0. The summed E-state index contributed by atoms with van der Waals surface area (Å²) in [7, 11) is 1.72. The van der Waals surface area contributed by atoms with Crippen molar-refractivity contribution in [1.82, 2.24) is 9.80 Å². The predicted octanol–water partition coefficient (Wildman–Crippen LogP) is 4.65. The first-order valence-corrected chi connectivity index (χ1v) is 11.8. The van der Waals surface area contributed by atoms with Gasteiger partial charge in [-0.15, -0.1) is 0 Å². The van der Waals surface area contributed by atoms with Crippen molar-refractivity contribution in [3.8, 4) is 5.75 Å². The Morgan fingerprint density at radius 3 is 2.76 bits per heavy atom. The number of carbonyl (C=O) groups is 1. The number of hydrogen-bond acceptors (Lipinski definition) is 4. The molecule has 1 saturated heterocycles. The van der Waals surface area contributed by atoms with E-state index in [1.165, 1.54) is 12.1 Å². The van der Waals surface area contributed by atoms with Gasteiger partial charge in [-0.2, -0.15) is 0 Å². The van der Waals surface area contributed by atoms with Gasteiger partial charge < -0.3 is 14.4 Å². The Morgan fingerprint density at radius 2 is 1.91 bits per heavy atom. The molecule has 7 heteroatoms. The summed E-state index contributed by atoms with van der Waals surface area (Å²) >= 11 is 0. The Balaban J connectivity index is 1.55. The first kappa shape index (κ1) is 23.6. The van der Waals surface area contributed by atoms with Crippen molar-refractivity contribution in [1.29, 1.82) is 0 Å². The van der Waals surface area contributed by atoms with E-state index in [1.54, 1.807) is 13.2 Å². The second kappa shape index (κ2) is 11.1. The molecule has 0 saturated carbocycles. The highest BCUT2D eigenvalue weighted by molar-refractivity contribution is 5.95. The monoisotopic (exact) mass is 458 g/mol. The highest BCUT2D eigenvalue weighted by atomic mass is 19.1. The van der Waals surface area contributed by atoms with Gasteiger partial charge in [0.05, 0.1) is 12.1 Å². The van der Waals surface area contributed by atoms with Crippen LogP contribution < -0.4 is 4.74 Å². The molecule has 2 aliphatic rings. The molecule has 33 heavy (non-hydrogen) atoms. The second-order valence-electron chi connectivity index (χ2n) is 8.87. The molecule has 2 bridgehead atoms. The number of halogens is 2. The molecular weight excluding hydrogens is 426 g/mol. The number of nitrogens with zero attached hydrogens (tertiary/aromatic N) is 2. The Bertz CT molecular complexity index is 955. The number of ether oxygens (including phenoxy) is 2. The lowest BCUT2D eigenvalue weighted by molar-refractivity contribution is -0.0156. The molecule has 4 rings (SSSR count). The maximum Gasteiger partial charge on any atom is 0.254 e. The molecule has 178 valence electrons. The number of methoxy groups -OCH3 is 1. The first-order valence-electron chi connectivity index (χ1n) is 11.8. The maximum absolute atomic E-state index is 14.2. The molecule has 0 unspecified atom stereocenters. The molecule has 2 aromatic rings. The van der Waals surface area contributed by atoms with Crippen LogP contribution in [-0.4, -0.2) is 61.2 Å². The average Bonchev–Trinajstić information content (AvgIpc) is 2.83. The third kappa shape index (κ3) is 5.89. The van der Waals surface area contributed by atoms with Gasteiger partial charge in [0.2, 0.25) is 0 Å². The van der Waals surface area contributed by atoms with Crippen molar-refractivity contribution in [2.75, 3.05) is 33.4 Å². The number of hydrogen-bond donors (Lipinski definition) is 0. The van der Waals surface area contributed by atoms with Gasteiger partial charge in [-0.25, -0.2) is 8.78 Å². The highest BCUT2D eigenvalue weighted by Crippen LogP contribution is 2.27. The van der Waals surface area contributed by atoms with Gasteiger partial charge in [0, 0.05) is 37.9 Å². The van der Waals surface area contributed by atoms with E-state index in [1.807, 2.05) is 23.1 Å². The lowest BCUT2D eigenvalue weighted by Gasteiger charge is -2.41. The molecule has 0 aromatic heterocycles. The van der Waals surface area contributed by atoms with Gasteiger partial charge in [-0.1, -0.05) is 12.5 Å². The number of benzene rings is 2. The van der Waals surface area contributed by atoms with Crippen molar-refractivity contribution in [3.05, 3.63) is 65.2 Å².